The van der Waals surface area contributed by atoms with E-state index in [2.05, 4.69) is 5.32 Å². The lowest BCUT2D eigenvalue weighted by Gasteiger charge is -2.15. The van der Waals surface area contributed by atoms with E-state index in [0.717, 1.165) is 24.2 Å². The Bertz CT molecular complexity index is 834. The van der Waals surface area contributed by atoms with Crippen molar-refractivity contribution in [2.75, 3.05) is 24.6 Å². The topological polar surface area (TPSA) is 58.6 Å². The van der Waals surface area contributed by atoms with E-state index in [4.69, 9.17) is 4.74 Å². The summed E-state index contributed by atoms with van der Waals surface area (Å²) in [5, 5.41) is 2.70. The standard InChI is InChI=1S/C21H21FN2O3/c22-17-3-1-4-19(15-17)27-14-12-23-20(25)11-8-16-6-9-18(10-7-16)24-13-2-5-21(24)26/h1,3-4,6-11,15H,2,5,12-14H2,(H,23,25)/b11-8+. The molecule has 2 aromatic rings. The number of amides is 2. The molecule has 0 aliphatic carbocycles. The molecule has 0 spiro atoms. The van der Waals surface area contributed by atoms with Crippen LogP contribution in [0.5, 0.6) is 5.75 Å². The maximum atomic E-state index is 13.0. The van der Waals surface area contributed by atoms with Gasteiger partial charge in [-0.2, -0.15) is 0 Å². The summed E-state index contributed by atoms with van der Waals surface area (Å²) in [4.78, 5) is 25.3. The van der Waals surface area contributed by atoms with Crippen molar-refractivity contribution in [3.63, 3.8) is 0 Å². The van der Waals surface area contributed by atoms with Gasteiger partial charge in [-0.3, -0.25) is 9.59 Å². The Morgan fingerprint density at radius 1 is 1.22 bits per heavy atom. The molecule has 3 rings (SSSR count). The van der Waals surface area contributed by atoms with Crippen molar-refractivity contribution in [3.05, 3.63) is 66.0 Å². The van der Waals surface area contributed by atoms with Crippen LogP contribution in [0.15, 0.2) is 54.6 Å². The zero-order chi connectivity index (χ0) is 19.1. The number of carbonyl (C=O) groups is 2. The van der Waals surface area contributed by atoms with Crippen LogP contribution in [-0.4, -0.2) is 31.5 Å². The largest absolute Gasteiger partial charge is 0.492 e. The number of carbonyl (C=O) groups excluding carboxylic acids is 2. The lowest BCUT2D eigenvalue weighted by atomic mass is 10.2. The van der Waals surface area contributed by atoms with Crippen molar-refractivity contribution in [1.29, 1.82) is 0 Å². The van der Waals surface area contributed by atoms with E-state index in [1.165, 1.54) is 18.2 Å². The molecule has 2 aromatic carbocycles. The fourth-order valence-corrected chi connectivity index (χ4v) is 2.82. The summed E-state index contributed by atoms with van der Waals surface area (Å²) in [6.07, 6.45) is 4.64. The first-order valence-electron chi connectivity index (χ1n) is 8.86. The molecule has 140 valence electrons. The first-order chi connectivity index (χ1) is 13.1. The Morgan fingerprint density at radius 3 is 2.74 bits per heavy atom. The van der Waals surface area contributed by atoms with Gasteiger partial charge in [-0.1, -0.05) is 18.2 Å². The van der Waals surface area contributed by atoms with E-state index in [1.54, 1.807) is 23.1 Å². The first kappa shape index (κ1) is 18.6. The predicted octanol–water partition coefficient (Wildman–Crippen LogP) is 3.16. The number of hydrogen-bond donors (Lipinski definition) is 1. The van der Waals surface area contributed by atoms with Crippen LogP contribution in [0, 0.1) is 5.82 Å². The summed E-state index contributed by atoms with van der Waals surface area (Å²) >= 11 is 0. The van der Waals surface area contributed by atoms with Gasteiger partial charge >= 0.3 is 0 Å². The van der Waals surface area contributed by atoms with E-state index in [0.29, 0.717) is 18.7 Å². The maximum absolute atomic E-state index is 13.0. The molecule has 1 saturated heterocycles. The number of anilines is 1. The van der Waals surface area contributed by atoms with Crippen LogP contribution >= 0.6 is 0 Å². The third kappa shape index (κ3) is 5.41. The highest BCUT2D eigenvalue weighted by Crippen LogP contribution is 2.21. The molecule has 5 nitrogen and oxygen atoms in total. The molecule has 1 N–H and O–H groups in total. The Balaban J connectivity index is 1.42. The summed E-state index contributed by atoms with van der Waals surface area (Å²) in [6, 6.07) is 13.4. The normalized spacial score (nSPS) is 14.0. The SMILES string of the molecule is O=C(/C=C/c1ccc(N2CCCC2=O)cc1)NCCOc1cccc(F)c1. The minimum Gasteiger partial charge on any atom is -0.492 e. The van der Waals surface area contributed by atoms with Gasteiger partial charge in [0.25, 0.3) is 0 Å². The Kier molecular flexibility index (Phi) is 6.20. The number of rotatable bonds is 7. The predicted molar refractivity (Wildman–Crippen MR) is 102 cm³/mol. The van der Waals surface area contributed by atoms with E-state index >= 15 is 0 Å². The molecule has 2 amide bonds. The minimum atomic E-state index is -0.361. The van der Waals surface area contributed by atoms with Crippen LogP contribution in [0.2, 0.25) is 0 Å². The molecule has 0 radical (unpaired) electrons. The summed E-state index contributed by atoms with van der Waals surface area (Å²) < 4.78 is 18.4. The lowest BCUT2D eigenvalue weighted by molar-refractivity contribution is -0.117. The zero-order valence-electron chi connectivity index (χ0n) is 14.9. The molecule has 0 bridgehead atoms. The second-order valence-corrected chi connectivity index (χ2v) is 6.17. The van der Waals surface area contributed by atoms with Crippen molar-refractivity contribution in [2.45, 2.75) is 12.8 Å². The fourth-order valence-electron chi connectivity index (χ4n) is 2.82. The monoisotopic (exact) mass is 368 g/mol. The number of benzene rings is 2. The number of ether oxygens (including phenoxy) is 1. The van der Waals surface area contributed by atoms with E-state index < -0.39 is 0 Å². The van der Waals surface area contributed by atoms with E-state index in [9.17, 15) is 14.0 Å². The molecule has 0 saturated carbocycles. The fraction of sp³-hybridized carbons (Fsp3) is 0.238. The molecule has 27 heavy (non-hydrogen) atoms. The van der Waals surface area contributed by atoms with Crippen LogP contribution in [0.25, 0.3) is 6.08 Å². The van der Waals surface area contributed by atoms with Crippen molar-refractivity contribution in [2.24, 2.45) is 0 Å². The smallest absolute Gasteiger partial charge is 0.244 e. The van der Waals surface area contributed by atoms with Crippen LogP contribution in [0.1, 0.15) is 18.4 Å². The molecule has 0 aromatic heterocycles. The lowest BCUT2D eigenvalue weighted by Crippen LogP contribution is -2.26. The Hall–Kier alpha value is -3.15. The number of nitrogens with one attached hydrogen (secondary N) is 1. The van der Waals surface area contributed by atoms with Crippen LogP contribution in [0.3, 0.4) is 0 Å². The van der Waals surface area contributed by atoms with E-state index in [1.807, 2.05) is 24.3 Å². The summed E-state index contributed by atoms with van der Waals surface area (Å²) in [6.45, 7) is 1.32. The van der Waals surface area contributed by atoms with Gasteiger partial charge in [-0.25, -0.2) is 4.39 Å². The molecular weight excluding hydrogens is 347 g/mol. The maximum Gasteiger partial charge on any atom is 0.244 e. The second-order valence-electron chi connectivity index (χ2n) is 6.17. The third-order valence-corrected chi connectivity index (χ3v) is 4.17. The Labute approximate surface area is 157 Å². The van der Waals surface area contributed by atoms with Crippen LogP contribution in [-0.2, 0) is 9.59 Å². The van der Waals surface area contributed by atoms with E-state index in [-0.39, 0.29) is 24.2 Å². The third-order valence-electron chi connectivity index (χ3n) is 4.17. The summed E-state index contributed by atoms with van der Waals surface area (Å²) in [5.74, 6) is -0.0225. The van der Waals surface area contributed by atoms with Gasteiger partial charge in [0.1, 0.15) is 18.2 Å². The molecule has 1 aliphatic heterocycles. The highest BCUT2D eigenvalue weighted by molar-refractivity contribution is 5.95. The zero-order valence-corrected chi connectivity index (χ0v) is 14.9. The van der Waals surface area contributed by atoms with Gasteiger partial charge in [0, 0.05) is 30.8 Å². The van der Waals surface area contributed by atoms with Crippen LogP contribution in [0.4, 0.5) is 10.1 Å². The highest BCUT2D eigenvalue weighted by atomic mass is 19.1. The molecule has 6 heteroatoms. The molecule has 1 aliphatic rings. The molecule has 0 unspecified atom stereocenters. The number of halogens is 1. The van der Waals surface area contributed by atoms with Gasteiger partial charge in [-0.05, 0) is 42.3 Å². The molecule has 1 heterocycles. The first-order valence-corrected chi connectivity index (χ1v) is 8.86. The Morgan fingerprint density at radius 2 is 2.04 bits per heavy atom. The number of nitrogens with zero attached hydrogens (tertiary/aromatic N) is 1. The van der Waals surface area contributed by atoms with Gasteiger partial charge in [0.15, 0.2) is 0 Å². The average Bonchev–Trinajstić information content (AvgIpc) is 3.10. The second kappa shape index (κ2) is 8.98. The van der Waals surface area contributed by atoms with Gasteiger partial charge in [0.2, 0.25) is 11.8 Å². The average molecular weight is 368 g/mol. The molecular formula is C21H21FN2O3. The summed E-state index contributed by atoms with van der Waals surface area (Å²) in [7, 11) is 0. The molecule has 1 fully saturated rings. The van der Waals surface area contributed by atoms with Crippen molar-refractivity contribution >= 4 is 23.6 Å². The van der Waals surface area contributed by atoms with Crippen molar-refractivity contribution in [1.82, 2.24) is 5.32 Å². The van der Waals surface area contributed by atoms with Gasteiger partial charge in [0.05, 0.1) is 6.54 Å². The van der Waals surface area contributed by atoms with Gasteiger partial charge < -0.3 is 15.0 Å². The summed E-state index contributed by atoms with van der Waals surface area (Å²) in [5.41, 5.74) is 1.75. The number of hydrogen-bond acceptors (Lipinski definition) is 3. The van der Waals surface area contributed by atoms with Gasteiger partial charge in [-0.15, -0.1) is 0 Å². The highest BCUT2D eigenvalue weighted by Gasteiger charge is 2.21. The quantitative estimate of drug-likeness (QED) is 0.603. The van der Waals surface area contributed by atoms with Crippen LogP contribution < -0.4 is 15.0 Å². The molecule has 0 atom stereocenters. The van der Waals surface area contributed by atoms with Crippen molar-refractivity contribution < 1.29 is 18.7 Å². The minimum absolute atomic E-state index is 0.151. The van der Waals surface area contributed by atoms with Crippen molar-refractivity contribution in [3.8, 4) is 5.75 Å².